The van der Waals surface area contributed by atoms with E-state index < -0.39 is 6.23 Å². The van der Waals surface area contributed by atoms with E-state index in [1.165, 1.54) is 5.57 Å². The molecule has 6 nitrogen and oxygen atoms in total. The Hall–Kier alpha value is -2.60. The smallest absolute Gasteiger partial charge is 0.250 e. The molecule has 1 unspecified atom stereocenters. The van der Waals surface area contributed by atoms with Crippen LogP contribution in [0.5, 0.6) is 0 Å². The summed E-state index contributed by atoms with van der Waals surface area (Å²) in [7, 11) is 1.76. The molecule has 0 bridgehead atoms. The second-order valence-electron chi connectivity index (χ2n) is 6.45. The van der Waals surface area contributed by atoms with Crippen LogP contribution in [-0.4, -0.2) is 47.9 Å². The monoisotopic (exact) mass is 354 g/mol. The molecule has 1 saturated heterocycles. The Morgan fingerprint density at radius 2 is 2.38 bits per heavy atom. The Balaban J connectivity index is 1.77. The molecule has 26 heavy (non-hydrogen) atoms. The highest BCUT2D eigenvalue weighted by Crippen LogP contribution is 2.25. The highest BCUT2D eigenvalue weighted by molar-refractivity contribution is 6.13. The third-order valence-corrected chi connectivity index (χ3v) is 4.77. The van der Waals surface area contributed by atoms with Gasteiger partial charge in [0.05, 0.1) is 5.71 Å². The van der Waals surface area contributed by atoms with Gasteiger partial charge in [-0.1, -0.05) is 12.2 Å². The van der Waals surface area contributed by atoms with Crippen molar-refractivity contribution in [3.8, 4) is 0 Å². The van der Waals surface area contributed by atoms with E-state index >= 15 is 0 Å². The number of carbonyl (C=O) groups is 1. The zero-order valence-electron chi connectivity index (χ0n) is 15.4. The predicted octanol–water partition coefficient (Wildman–Crippen LogP) is 2.52. The van der Waals surface area contributed by atoms with Crippen LogP contribution in [0.1, 0.15) is 31.7 Å². The maximum atomic E-state index is 12.4. The number of nitrogens with two attached hydrogens (primary N) is 1. The molecular formula is C20H26N4O2. The van der Waals surface area contributed by atoms with Crippen LogP contribution in [0.3, 0.4) is 0 Å². The second kappa shape index (κ2) is 8.19. The van der Waals surface area contributed by atoms with E-state index in [-0.39, 0.29) is 12.5 Å². The molecular weight excluding hydrogens is 328 g/mol. The Morgan fingerprint density at radius 1 is 1.54 bits per heavy atom. The van der Waals surface area contributed by atoms with Gasteiger partial charge in [-0.25, -0.2) is 0 Å². The summed E-state index contributed by atoms with van der Waals surface area (Å²) in [5.74, 6) is 0.00670. The third-order valence-electron chi connectivity index (χ3n) is 4.77. The molecule has 0 saturated carbocycles. The number of nitrogens with one attached hydrogen (secondary N) is 1. The fourth-order valence-electron chi connectivity index (χ4n) is 3.46. The standard InChI is InChI=1S/C20H26N4O2/c1-3-17(19(22-2)15-7-9-23-12-15)20-24(18(25)13-26-20)10-8-14-5-4-6-16(21)11-14/h3,5,7,9,11-12,20,23H,4,6,8,10,13,21H2,1-2H3/b17-3+,22-19?. The molecule has 1 atom stereocenters. The van der Waals surface area contributed by atoms with Crippen molar-refractivity contribution in [1.29, 1.82) is 0 Å². The summed E-state index contributed by atoms with van der Waals surface area (Å²) in [5.41, 5.74) is 10.7. The van der Waals surface area contributed by atoms with Crippen LogP contribution in [0.2, 0.25) is 0 Å². The van der Waals surface area contributed by atoms with Crippen molar-refractivity contribution in [2.24, 2.45) is 10.7 Å². The first kappa shape index (κ1) is 18.2. The summed E-state index contributed by atoms with van der Waals surface area (Å²) in [5, 5.41) is 0. The van der Waals surface area contributed by atoms with Crippen molar-refractivity contribution in [2.75, 3.05) is 20.2 Å². The fourth-order valence-corrected chi connectivity index (χ4v) is 3.46. The number of H-pyrrole nitrogens is 1. The molecule has 1 amide bonds. The first-order valence-electron chi connectivity index (χ1n) is 8.96. The van der Waals surface area contributed by atoms with Crippen molar-refractivity contribution in [2.45, 2.75) is 32.4 Å². The van der Waals surface area contributed by atoms with E-state index in [0.29, 0.717) is 6.54 Å². The van der Waals surface area contributed by atoms with Crippen molar-refractivity contribution in [3.05, 3.63) is 59.1 Å². The van der Waals surface area contributed by atoms with Gasteiger partial charge in [-0.05, 0) is 43.9 Å². The summed E-state index contributed by atoms with van der Waals surface area (Å²) in [4.78, 5) is 21.7. The van der Waals surface area contributed by atoms with Gasteiger partial charge in [-0.15, -0.1) is 0 Å². The number of rotatable bonds is 6. The summed E-state index contributed by atoms with van der Waals surface area (Å²) >= 11 is 0. The van der Waals surface area contributed by atoms with E-state index in [1.807, 2.05) is 37.5 Å². The van der Waals surface area contributed by atoms with Gasteiger partial charge in [0.25, 0.3) is 5.91 Å². The Labute approximate surface area is 154 Å². The number of nitrogens with zero attached hydrogens (tertiary/aromatic N) is 2. The normalized spacial score (nSPS) is 21.8. The molecule has 1 fully saturated rings. The van der Waals surface area contributed by atoms with Crippen LogP contribution in [-0.2, 0) is 9.53 Å². The van der Waals surface area contributed by atoms with Gasteiger partial charge in [0.1, 0.15) is 6.61 Å². The summed E-state index contributed by atoms with van der Waals surface area (Å²) in [6.07, 6.45) is 12.2. The zero-order chi connectivity index (χ0) is 18.5. The highest BCUT2D eigenvalue weighted by atomic mass is 16.5. The zero-order valence-corrected chi connectivity index (χ0v) is 15.4. The summed E-state index contributed by atoms with van der Waals surface area (Å²) in [6, 6.07) is 1.97. The lowest BCUT2D eigenvalue weighted by Gasteiger charge is -2.26. The first-order chi connectivity index (χ1) is 12.6. The number of allylic oxidation sites excluding steroid dienone is 4. The molecule has 0 radical (unpaired) electrons. The van der Waals surface area contributed by atoms with Gasteiger partial charge in [0.2, 0.25) is 0 Å². The molecule has 1 aliphatic carbocycles. The lowest BCUT2D eigenvalue weighted by Crippen LogP contribution is -2.38. The Morgan fingerprint density at radius 3 is 3.04 bits per heavy atom. The first-order valence-corrected chi connectivity index (χ1v) is 8.96. The Bertz CT molecular complexity index is 772. The minimum absolute atomic E-state index is 0.00670. The van der Waals surface area contributed by atoms with E-state index in [2.05, 4.69) is 16.1 Å². The average Bonchev–Trinajstić information content (AvgIpc) is 3.28. The van der Waals surface area contributed by atoms with Gasteiger partial charge in [0, 0.05) is 42.8 Å². The van der Waals surface area contributed by atoms with Crippen LogP contribution in [0.15, 0.2) is 58.5 Å². The van der Waals surface area contributed by atoms with Crippen molar-refractivity contribution in [3.63, 3.8) is 0 Å². The number of aromatic nitrogens is 1. The third kappa shape index (κ3) is 3.80. The van der Waals surface area contributed by atoms with E-state index in [9.17, 15) is 4.79 Å². The molecule has 3 N–H and O–H groups in total. The topological polar surface area (TPSA) is 83.7 Å². The molecule has 0 spiro atoms. The van der Waals surface area contributed by atoms with Crippen molar-refractivity contribution < 1.29 is 9.53 Å². The number of aromatic amines is 1. The number of carbonyl (C=O) groups excluding carboxylic acids is 1. The number of aliphatic imine (C=N–C) groups is 1. The molecule has 6 heteroatoms. The number of hydrogen-bond donors (Lipinski definition) is 2. The predicted molar refractivity (Wildman–Crippen MR) is 103 cm³/mol. The highest BCUT2D eigenvalue weighted by Gasteiger charge is 2.36. The number of hydrogen-bond acceptors (Lipinski definition) is 4. The molecule has 0 aromatic carbocycles. The molecule has 2 aliphatic rings. The van der Waals surface area contributed by atoms with Crippen LogP contribution in [0.4, 0.5) is 0 Å². The van der Waals surface area contributed by atoms with Crippen LogP contribution < -0.4 is 5.73 Å². The molecule has 2 heterocycles. The number of ether oxygens (including phenoxy) is 1. The number of amides is 1. The van der Waals surface area contributed by atoms with Crippen molar-refractivity contribution in [1.82, 2.24) is 9.88 Å². The maximum Gasteiger partial charge on any atom is 0.250 e. The van der Waals surface area contributed by atoms with Gasteiger partial charge in [-0.2, -0.15) is 0 Å². The van der Waals surface area contributed by atoms with Gasteiger partial charge < -0.3 is 20.4 Å². The summed E-state index contributed by atoms with van der Waals surface area (Å²) < 4.78 is 5.83. The van der Waals surface area contributed by atoms with Crippen molar-refractivity contribution >= 4 is 11.6 Å². The minimum atomic E-state index is -0.411. The fraction of sp³-hybridized carbons (Fsp3) is 0.400. The van der Waals surface area contributed by atoms with Gasteiger partial charge in [-0.3, -0.25) is 9.79 Å². The molecule has 138 valence electrons. The van der Waals surface area contributed by atoms with Crippen LogP contribution in [0, 0.1) is 0 Å². The summed E-state index contributed by atoms with van der Waals surface area (Å²) in [6.45, 7) is 2.65. The minimum Gasteiger partial charge on any atom is -0.402 e. The van der Waals surface area contributed by atoms with Gasteiger partial charge >= 0.3 is 0 Å². The van der Waals surface area contributed by atoms with E-state index in [4.69, 9.17) is 10.5 Å². The quantitative estimate of drug-likeness (QED) is 0.770. The van der Waals surface area contributed by atoms with Crippen LogP contribution >= 0.6 is 0 Å². The Kier molecular flexibility index (Phi) is 5.73. The largest absolute Gasteiger partial charge is 0.402 e. The van der Waals surface area contributed by atoms with Crippen LogP contribution in [0.25, 0.3) is 0 Å². The SMILES string of the molecule is C/C=C(\C(=NC)c1cc[nH]c1)C1OCC(=O)N1CCC1=CCCC(N)=C1. The van der Waals surface area contributed by atoms with E-state index in [1.54, 1.807) is 11.9 Å². The van der Waals surface area contributed by atoms with E-state index in [0.717, 1.165) is 41.8 Å². The average molecular weight is 354 g/mol. The molecule has 1 aromatic rings. The molecule has 3 rings (SSSR count). The lowest BCUT2D eigenvalue weighted by molar-refractivity contribution is -0.127. The second-order valence-corrected chi connectivity index (χ2v) is 6.45. The lowest BCUT2D eigenvalue weighted by atomic mass is 10.0. The molecule has 1 aliphatic heterocycles. The van der Waals surface area contributed by atoms with Gasteiger partial charge in [0.15, 0.2) is 6.23 Å². The maximum absolute atomic E-state index is 12.4. The molecule has 1 aromatic heterocycles.